The molecule has 1 atom stereocenters. The van der Waals surface area contributed by atoms with E-state index in [0.29, 0.717) is 6.04 Å². The minimum Gasteiger partial charge on any atom is -0.339 e. The minimum atomic E-state index is 0.661. The van der Waals surface area contributed by atoms with Gasteiger partial charge in [-0.05, 0) is 25.5 Å². The molecule has 0 amide bonds. The molecule has 4 rings (SSSR count). The third-order valence-corrected chi connectivity index (χ3v) is 6.00. The predicted octanol–water partition coefficient (Wildman–Crippen LogP) is 4.60. The summed E-state index contributed by atoms with van der Waals surface area (Å²) in [5.74, 6) is 0. The van der Waals surface area contributed by atoms with Gasteiger partial charge in [0.1, 0.15) is 6.54 Å². The number of fused-ring (bicyclic) bond motifs is 3. The number of likely N-dealkylation sites (N-methyl/N-ethyl adjacent to an activating group) is 1. The van der Waals surface area contributed by atoms with E-state index in [1.54, 1.807) is 11.3 Å². The van der Waals surface area contributed by atoms with Crippen molar-refractivity contribution in [2.45, 2.75) is 39.4 Å². The van der Waals surface area contributed by atoms with Gasteiger partial charge >= 0.3 is 0 Å². The van der Waals surface area contributed by atoms with Crippen LogP contribution in [0.2, 0.25) is 0 Å². The molecule has 0 radical (unpaired) electrons. The van der Waals surface area contributed by atoms with Crippen LogP contribution in [0.5, 0.6) is 0 Å². The molecule has 0 unspecified atom stereocenters. The minimum absolute atomic E-state index is 0.661. The molecule has 1 aliphatic rings. The summed E-state index contributed by atoms with van der Waals surface area (Å²) in [6.45, 7) is 8.06. The largest absolute Gasteiger partial charge is 0.339 e. The number of aromatic nitrogens is 1. The lowest BCUT2D eigenvalue weighted by Gasteiger charge is -2.41. The molecule has 1 aromatic heterocycles. The van der Waals surface area contributed by atoms with Gasteiger partial charge in [-0.25, -0.2) is 0 Å². The molecule has 124 valence electrons. The summed E-state index contributed by atoms with van der Waals surface area (Å²) in [6.07, 6.45) is 1.17. The van der Waals surface area contributed by atoms with E-state index in [-0.39, 0.29) is 0 Å². The molecule has 0 saturated heterocycles. The maximum Gasteiger partial charge on any atom is 0.107 e. The number of quaternary nitrogens is 1. The number of rotatable bonds is 3. The van der Waals surface area contributed by atoms with Crippen LogP contribution in [0.4, 0.5) is 0 Å². The molecule has 2 heteroatoms. The fraction of sp³-hybridized carbons (Fsp3) is 0.364. The van der Waals surface area contributed by atoms with Gasteiger partial charge in [0.25, 0.3) is 0 Å². The lowest BCUT2D eigenvalue weighted by Crippen LogP contribution is -2.52. The summed E-state index contributed by atoms with van der Waals surface area (Å²) in [5, 5.41) is 1.45. The molecule has 0 fully saturated rings. The van der Waals surface area contributed by atoms with Crippen molar-refractivity contribution in [2.24, 2.45) is 0 Å². The Balaban J connectivity index is 1.85. The zero-order valence-corrected chi connectivity index (χ0v) is 15.0. The first-order valence-electron chi connectivity index (χ1n) is 9.05. The van der Waals surface area contributed by atoms with E-state index in [1.165, 1.54) is 29.4 Å². The van der Waals surface area contributed by atoms with Crippen LogP contribution in [-0.4, -0.2) is 28.7 Å². The van der Waals surface area contributed by atoms with Crippen molar-refractivity contribution >= 4 is 10.9 Å². The molecule has 0 N–H and O–H groups in total. The van der Waals surface area contributed by atoms with Gasteiger partial charge in [-0.1, -0.05) is 48.5 Å². The van der Waals surface area contributed by atoms with Crippen molar-refractivity contribution in [3.8, 4) is 0 Å². The average Bonchev–Trinajstić information content (AvgIpc) is 2.89. The third-order valence-electron chi connectivity index (χ3n) is 6.00. The smallest absolute Gasteiger partial charge is 0.107 e. The molecule has 0 aliphatic carbocycles. The van der Waals surface area contributed by atoms with Crippen LogP contribution < -0.4 is 0 Å². The van der Waals surface area contributed by atoms with Crippen LogP contribution in [0, 0.1) is 0 Å². The molecule has 1 aliphatic heterocycles. The highest BCUT2D eigenvalue weighted by Crippen LogP contribution is 2.34. The quantitative estimate of drug-likeness (QED) is 0.622. The van der Waals surface area contributed by atoms with E-state index < -0.39 is 0 Å². The molecule has 2 heterocycles. The van der Waals surface area contributed by atoms with Crippen LogP contribution in [0.1, 0.15) is 30.7 Å². The summed E-state index contributed by atoms with van der Waals surface area (Å²) in [7, 11) is 2.41. The Labute approximate surface area is 144 Å². The van der Waals surface area contributed by atoms with E-state index in [4.69, 9.17) is 0 Å². The number of hydrogen-bond donors (Lipinski definition) is 0. The number of nitrogens with zero attached hydrogens (tertiary/aromatic N) is 2. The first-order valence-corrected chi connectivity index (χ1v) is 9.05. The van der Waals surface area contributed by atoms with Crippen LogP contribution in [0.3, 0.4) is 0 Å². The summed E-state index contributed by atoms with van der Waals surface area (Å²) in [6, 6.07) is 20.5. The lowest BCUT2D eigenvalue weighted by molar-refractivity contribution is -0.944. The zero-order valence-electron chi connectivity index (χ0n) is 15.0. The van der Waals surface area contributed by atoms with Crippen molar-refractivity contribution in [3.05, 3.63) is 71.4 Å². The van der Waals surface area contributed by atoms with Gasteiger partial charge in [0.05, 0.1) is 19.6 Å². The Morgan fingerprint density at radius 1 is 1.00 bits per heavy atom. The highest BCUT2D eigenvalue weighted by atomic mass is 15.4. The van der Waals surface area contributed by atoms with Gasteiger partial charge in [-0.15, -0.1) is 0 Å². The van der Waals surface area contributed by atoms with E-state index in [9.17, 15) is 0 Å². The van der Waals surface area contributed by atoms with Crippen molar-refractivity contribution < 1.29 is 4.48 Å². The van der Waals surface area contributed by atoms with Crippen molar-refractivity contribution in [3.63, 3.8) is 0 Å². The maximum absolute atomic E-state index is 2.56. The Kier molecular flexibility index (Phi) is 3.73. The molecule has 3 aromatic rings. The molecular weight excluding hydrogens is 292 g/mol. The van der Waals surface area contributed by atoms with Gasteiger partial charge < -0.3 is 9.05 Å². The average molecular weight is 319 g/mol. The first-order chi connectivity index (χ1) is 11.6. The second-order valence-electron chi connectivity index (χ2n) is 7.72. The summed E-state index contributed by atoms with van der Waals surface area (Å²) >= 11 is 0. The van der Waals surface area contributed by atoms with Crippen molar-refractivity contribution in [1.29, 1.82) is 0 Å². The normalized spacial score (nSPS) is 20.5. The summed E-state index contributed by atoms with van der Waals surface area (Å²) in [4.78, 5) is 0. The van der Waals surface area contributed by atoms with E-state index in [1.807, 2.05) is 0 Å². The van der Waals surface area contributed by atoms with Crippen LogP contribution >= 0.6 is 0 Å². The molecular formula is C22H27N2+. The van der Waals surface area contributed by atoms with Gasteiger partial charge in [-0.3, -0.25) is 0 Å². The van der Waals surface area contributed by atoms with Gasteiger partial charge in [0.15, 0.2) is 0 Å². The SMILES string of the molecule is CC(C)[N@@+]1(C)CCc2c(c3ccccc3n2Cc2ccccc2)C1. The zero-order chi connectivity index (χ0) is 16.7. The maximum atomic E-state index is 2.56. The van der Waals surface area contributed by atoms with Gasteiger partial charge in [0, 0.05) is 35.1 Å². The van der Waals surface area contributed by atoms with Crippen LogP contribution in [0.25, 0.3) is 10.9 Å². The van der Waals surface area contributed by atoms with E-state index in [0.717, 1.165) is 17.6 Å². The number of para-hydroxylation sites is 1. The van der Waals surface area contributed by atoms with Crippen LogP contribution in [0.15, 0.2) is 54.6 Å². The Morgan fingerprint density at radius 3 is 2.46 bits per heavy atom. The second kappa shape index (κ2) is 5.78. The Bertz CT molecular complexity index is 860. The summed E-state index contributed by atoms with van der Waals surface area (Å²) < 4.78 is 3.70. The fourth-order valence-corrected chi connectivity index (χ4v) is 4.08. The van der Waals surface area contributed by atoms with Crippen LogP contribution in [-0.2, 0) is 19.5 Å². The molecule has 24 heavy (non-hydrogen) atoms. The number of benzene rings is 2. The summed E-state index contributed by atoms with van der Waals surface area (Å²) in [5.41, 5.74) is 5.90. The van der Waals surface area contributed by atoms with E-state index in [2.05, 4.69) is 80.1 Å². The standard InChI is InChI=1S/C22H27N2/c1-17(2)24(3)14-13-22-20(16-24)19-11-7-8-12-21(19)23(22)15-18-9-5-4-6-10-18/h4-12,17H,13-16H2,1-3H3/q+1/t24-/m0/s1. The Morgan fingerprint density at radius 2 is 1.71 bits per heavy atom. The topological polar surface area (TPSA) is 4.93 Å². The van der Waals surface area contributed by atoms with Crippen molar-refractivity contribution in [2.75, 3.05) is 13.6 Å². The third kappa shape index (κ3) is 2.46. The molecule has 2 aromatic carbocycles. The fourth-order valence-electron chi connectivity index (χ4n) is 4.08. The monoisotopic (exact) mass is 319 g/mol. The van der Waals surface area contributed by atoms with Gasteiger partial charge in [-0.2, -0.15) is 0 Å². The highest BCUT2D eigenvalue weighted by molar-refractivity contribution is 5.85. The van der Waals surface area contributed by atoms with Gasteiger partial charge in [0.2, 0.25) is 0 Å². The highest BCUT2D eigenvalue weighted by Gasteiger charge is 2.34. The molecule has 0 bridgehead atoms. The molecule has 0 spiro atoms. The predicted molar refractivity (Wildman–Crippen MR) is 101 cm³/mol. The molecule has 0 saturated carbocycles. The second-order valence-corrected chi connectivity index (χ2v) is 7.72. The molecule has 2 nitrogen and oxygen atoms in total. The Hall–Kier alpha value is -2.06. The van der Waals surface area contributed by atoms with E-state index >= 15 is 0 Å². The number of hydrogen-bond acceptors (Lipinski definition) is 0. The lowest BCUT2D eigenvalue weighted by atomic mass is 10.0. The first kappa shape index (κ1) is 15.5. The van der Waals surface area contributed by atoms with Crippen molar-refractivity contribution in [1.82, 2.24) is 4.57 Å².